The van der Waals surface area contributed by atoms with Crippen LogP contribution in [0.1, 0.15) is 51.4 Å². The number of likely N-dealkylation sites (tertiary alicyclic amines) is 2. The summed E-state index contributed by atoms with van der Waals surface area (Å²) < 4.78 is 5.63. The molecular weight excluding hydrogens is 316 g/mol. The van der Waals surface area contributed by atoms with Crippen molar-refractivity contribution in [3.05, 3.63) is 0 Å². The number of nitrogens with zero attached hydrogens (tertiary/aromatic N) is 2. The van der Waals surface area contributed by atoms with E-state index < -0.39 is 0 Å². The topological polar surface area (TPSA) is 53.0 Å². The molecule has 142 valence electrons. The number of aliphatic hydroxyl groups is 1. The van der Waals surface area contributed by atoms with Crippen LogP contribution in [0.2, 0.25) is 0 Å². The minimum atomic E-state index is -0.198. The smallest absolute Gasteiger partial charge is 0.225 e. The van der Waals surface area contributed by atoms with Gasteiger partial charge < -0.3 is 19.6 Å². The molecule has 1 saturated carbocycles. The minimum Gasteiger partial charge on any atom is -0.396 e. The molecule has 2 atom stereocenters. The zero-order valence-electron chi connectivity index (χ0n) is 15.5. The second-order valence-electron chi connectivity index (χ2n) is 8.88. The number of rotatable bonds is 3. The van der Waals surface area contributed by atoms with Crippen molar-refractivity contribution in [2.45, 2.75) is 57.4 Å². The van der Waals surface area contributed by atoms with E-state index in [1.165, 1.54) is 32.1 Å². The summed E-state index contributed by atoms with van der Waals surface area (Å²) in [5, 5.41) is 9.92. The average Bonchev–Trinajstić information content (AvgIpc) is 3.08. The first-order chi connectivity index (χ1) is 12.2. The lowest BCUT2D eigenvalue weighted by atomic mass is 9.76. The van der Waals surface area contributed by atoms with Crippen molar-refractivity contribution >= 4 is 5.91 Å². The summed E-state index contributed by atoms with van der Waals surface area (Å²) >= 11 is 0. The summed E-state index contributed by atoms with van der Waals surface area (Å²) in [6, 6.07) is 0.772. The van der Waals surface area contributed by atoms with Crippen LogP contribution < -0.4 is 0 Å². The van der Waals surface area contributed by atoms with E-state index in [1.807, 2.05) is 0 Å². The molecule has 25 heavy (non-hydrogen) atoms. The highest BCUT2D eigenvalue weighted by Crippen LogP contribution is 2.42. The van der Waals surface area contributed by atoms with Crippen LogP contribution in [0.3, 0.4) is 0 Å². The van der Waals surface area contributed by atoms with E-state index in [0.29, 0.717) is 25.0 Å². The highest BCUT2D eigenvalue weighted by atomic mass is 16.5. The average molecular weight is 351 g/mol. The summed E-state index contributed by atoms with van der Waals surface area (Å²) in [6.45, 7) is 5.22. The fourth-order valence-corrected chi connectivity index (χ4v) is 5.70. The van der Waals surface area contributed by atoms with Gasteiger partial charge in [0.15, 0.2) is 0 Å². The van der Waals surface area contributed by atoms with Crippen LogP contribution in [0.5, 0.6) is 0 Å². The lowest BCUT2D eigenvalue weighted by Gasteiger charge is -2.39. The molecule has 0 aromatic carbocycles. The highest BCUT2D eigenvalue weighted by molar-refractivity contribution is 5.79. The first-order valence-corrected chi connectivity index (χ1v) is 10.4. The zero-order valence-corrected chi connectivity index (χ0v) is 15.5. The van der Waals surface area contributed by atoms with E-state index in [-0.39, 0.29) is 17.9 Å². The minimum absolute atomic E-state index is 0.140. The molecule has 5 nitrogen and oxygen atoms in total. The lowest BCUT2D eigenvalue weighted by molar-refractivity contribution is -0.137. The van der Waals surface area contributed by atoms with Crippen molar-refractivity contribution in [2.24, 2.45) is 17.3 Å². The Morgan fingerprint density at radius 1 is 1.08 bits per heavy atom. The molecular formula is C20H34N2O3. The van der Waals surface area contributed by atoms with Crippen LogP contribution in [-0.2, 0) is 9.53 Å². The van der Waals surface area contributed by atoms with Gasteiger partial charge in [-0.2, -0.15) is 0 Å². The third-order valence-corrected chi connectivity index (χ3v) is 7.41. The molecule has 5 heteroatoms. The second kappa shape index (κ2) is 7.53. The van der Waals surface area contributed by atoms with Gasteiger partial charge in [0.2, 0.25) is 5.91 Å². The van der Waals surface area contributed by atoms with E-state index >= 15 is 0 Å². The molecule has 0 bridgehead atoms. The molecule has 1 N–H and O–H groups in total. The largest absolute Gasteiger partial charge is 0.396 e. The summed E-state index contributed by atoms with van der Waals surface area (Å²) in [5.41, 5.74) is -0.198. The predicted molar refractivity (Wildman–Crippen MR) is 96.2 cm³/mol. The number of amides is 1. The van der Waals surface area contributed by atoms with Gasteiger partial charge >= 0.3 is 0 Å². The number of carbonyl (C=O) groups is 1. The molecule has 0 aromatic heterocycles. The first kappa shape index (κ1) is 17.7. The highest BCUT2D eigenvalue weighted by Gasteiger charge is 2.50. The standard InChI is InChI=1S/C20H34N2O3/c23-14-20-13-22(12-17(20)8-11-25-15-20)19(24)16-6-9-21(10-7-16)18-4-2-1-3-5-18/h16-18,23H,1-15H2/t17-,20+/m0/s1. The number of aliphatic hydroxyl groups excluding tert-OH is 1. The molecule has 1 amide bonds. The maximum Gasteiger partial charge on any atom is 0.225 e. The number of fused-ring (bicyclic) bond motifs is 1. The Hall–Kier alpha value is -0.650. The summed E-state index contributed by atoms with van der Waals surface area (Å²) in [6.07, 6.45) is 9.87. The van der Waals surface area contributed by atoms with Crippen molar-refractivity contribution in [1.82, 2.24) is 9.80 Å². The van der Waals surface area contributed by atoms with E-state index in [0.717, 1.165) is 51.5 Å². The van der Waals surface area contributed by atoms with Crippen LogP contribution in [0.15, 0.2) is 0 Å². The lowest BCUT2D eigenvalue weighted by Crippen LogP contribution is -2.47. The summed E-state index contributed by atoms with van der Waals surface area (Å²) in [4.78, 5) is 17.8. The van der Waals surface area contributed by atoms with Crippen molar-refractivity contribution in [1.29, 1.82) is 0 Å². The van der Waals surface area contributed by atoms with E-state index in [2.05, 4.69) is 9.80 Å². The molecule has 0 spiro atoms. The Labute approximate surface area is 151 Å². The van der Waals surface area contributed by atoms with E-state index in [9.17, 15) is 9.90 Å². The van der Waals surface area contributed by atoms with Crippen LogP contribution in [0, 0.1) is 17.3 Å². The Balaban J connectivity index is 1.32. The van der Waals surface area contributed by atoms with Gasteiger partial charge in [0.25, 0.3) is 0 Å². The Bertz CT molecular complexity index is 472. The van der Waals surface area contributed by atoms with E-state index in [4.69, 9.17) is 4.74 Å². The maximum atomic E-state index is 13.1. The summed E-state index contributed by atoms with van der Waals surface area (Å²) in [5.74, 6) is 0.944. The number of hydrogen-bond donors (Lipinski definition) is 1. The molecule has 3 heterocycles. The summed E-state index contributed by atoms with van der Waals surface area (Å²) in [7, 11) is 0. The SMILES string of the molecule is O=C(C1CCN(C2CCCCC2)CC1)N1C[C@@H]2CCOC[C@]2(CO)C1. The van der Waals surface area contributed by atoms with Gasteiger partial charge in [0, 0.05) is 37.1 Å². The molecule has 4 fully saturated rings. The molecule has 4 rings (SSSR count). The normalized spacial score (nSPS) is 35.7. The fraction of sp³-hybridized carbons (Fsp3) is 0.950. The third-order valence-electron chi connectivity index (χ3n) is 7.41. The van der Waals surface area contributed by atoms with Crippen molar-refractivity contribution in [3.8, 4) is 0 Å². The van der Waals surface area contributed by atoms with Crippen LogP contribution in [0.25, 0.3) is 0 Å². The molecule has 0 radical (unpaired) electrons. The van der Waals surface area contributed by atoms with Gasteiger partial charge in [-0.3, -0.25) is 4.79 Å². The first-order valence-electron chi connectivity index (χ1n) is 10.4. The van der Waals surface area contributed by atoms with Crippen molar-refractivity contribution in [2.75, 3.05) is 46.0 Å². The van der Waals surface area contributed by atoms with E-state index in [1.54, 1.807) is 0 Å². The van der Waals surface area contributed by atoms with Crippen molar-refractivity contribution in [3.63, 3.8) is 0 Å². The predicted octanol–water partition coefficient (Wildman–Crippen LogP) is 1.89. The molecule has 0 unspecified atom stereocenters. The molecule has 0 aromatic rings. The quantitative estimate of drug-likeness (QED) is 0.844. The molecule has 3 saturated heterocycles. The maximum absolute atomic E-state index is 13.1. The van der Waals surface area contributed by atoms with Crippen LogP contribution in [0.4, 0.5) is 0 Å². The van der Waals surface area contributed by atoms with Gasteiger partial charge in [0.1, 0.15) is 0 Å². The third kappa shape index (κ3) is 3.47. The zero-order chi connectivity index (χ0) is 17.3. The van der Waals surface area contributed by atoms with Crippen LogP contribution in [-0.4, -0.2) is 72.9 Å². The number of hydrogen-bond acceptors (Lipinski definition) is 4. The number of ether oxygens (including phenoxy) is 1. The van der Waals surface area contributed by atoms with Crippen LogP contribution >= 0.6 is 0 Å². The monoisotopic (exact) mass is 350 g/mol. The van der Waals surface area contributed by atoms with Crippen molar-refractivity contribution < 1.29 is 14.6 Å². The van der Waals surface area contributed by atoms with Gasteiger partial charge in [0.05, 0.1) is 13.2 Å². The van der Waals surface area contributed by atoms with Gasteiger partial charge in [-0.15, -0.1) is 0 Å². The number of carbonyl (C=O) groups excluding carboxylic acids is 1. The second-order valence-corrected chi connectivity index (χ2v) is 8.88. The molecule has 1 aliphatic carbocycles. The van der Waals surface area contributed by atoms with Gasteiger partial charge in [-0.25, -0.2) is 0 Å². The van der Waals surface area contributed by atoms with Gasteiger partial charge in [-0.05, 0) is 51.1 Å². The Morgan fingerprint density at radius 2 is 1.84 bits per heavy atom. The number of piperidine rings is 1. The molecule has 3 aliphatic heterocycles. The molecule has 4 aliphatic rings. The fourth-order valence-electron chi connectivity index (χ4n) is 5.70. The Morgan fingerprint density at radius 3 is 2.52 bits per heavy atom. The Kier molecular flexibility index (Phi) is 5.35. The van der Waals surface area contributed by atoms with Gasteiger partial charge in [-0.1, -0.05) is 19.3 Å².